The van der Waals surface area contributed by atoms with Gasteiger partial charge >= 0.3 is 12.1 Å². The molecule has 1 aliphatic heterocycles. The number of fused-ring (bicyclic) bond motifs is 3. The summed E-state index contributed by atoms with van der Waals surface area (Å²) < 4.78 is 39.3. The largest absolute Gasteiger partial charge is 0.478 e. The average Bonchev–Trinajstić information content (AvgIpc) is 3.24. The van der Waals surface area contributed by atoms with Crippen molar-refractivity contribution in [1.82, 2.24) is 10.2 Å². The van der Waals surface area contributed by atoms with Crippen molar-refractivity contribution in [3.05, 3.63) is 88.4 Å². The van der Waals surface area contributed by atoms with Gasteiger partial charge in [0.25, 0.3) is 0 Å². The van der Waals surface area contributed by atoms with Crippen molar-refractivity contribution in [2.75, 3.05) is 44.2 Å². The van der Waals surface area contributed by atoms with Crippen LogP contribution >= 0.6 is 11.6 Å². The summed E-state index contributed by atoms with van der Waals surface area (Å²) in [4.78, 5) is 29.4. The normalized spacial score (nSPS) is 16.2. The molecule has 1 aliphatic carbocycles. The van der Waals surface area contributed by atoms with Crippen LogP contribution in [0.4, 0.5) is 18.9 Å². The van der Waals surface area contributed by atoms with E-state index in [2.05, 4.69) is 15.1 Å². The van der Waals surface area contributed by atoms with Gasteiger partial charge in [0.15, 0.2) is 0 Å². The number of benzene rings is 3. The lowest BCUT2D eigenvalue weighted by molar-refractivity contribution is -0.141. The number of aromatic carboxylic acids is 1. The van der Waals surface area contributed by atoms with Crippen LogP contribution in [-0.2, 0) is 10.2 Å². The molecule has 0 aromatic heterocycles. The third-order valence-electron chi connectivity index (χ3n) is 8.10. The molecule has 41 heavy (non-hydrogen) atoms. The zero-order chi connectivity index (χ0) is 29.2. The van der Waals surface area contributed by atoms with E-state index in [1.54, 1.807) is 12.1 Å². The number of carboxylic acids is 1. The highest BCUT2D eigenvalue weighted by Gasteiger charge is 2.49. The number of rotatable bonds is 9. The zero-order valence-electron chi connectivity index (χ0n) is 22.4. The van der Waals surface area contributed by atoms with Gasteiger partial charge in [0.1, 0.15) is 12.0 Å². The molecule has 1 heterocycles. The highest BCUT2D eigenvalue weighted by molar-refractivity contribution is 6.33. The van der Waals surface area contributed by atoms with E-state index in [-0.39, 0.29) is 10.6 Å². The monoisotopic (exact) mass is 585 g/mol. The number of amides is 1. The van der Waals surface area contributed by atoms with Crippen molar-refractivity contribution in [3.63, 3.8) is 0 Å². The first-order valence-electron chi connectivity index (χ1n) is 13.6. The van der Waals surface area contributed by atoms with Crippen LogP contribution in [0.15, 0.2) is 66.7 Å². The molecule has 1 amide bonds. The molecule has 3 aromatic carbocycles. The summed E-state index contributed by atoms with van der Waals surface area (Å²) in [5.74, 6) is -1.68. The number of carbonyl (C=O) groups is 2. The minimum absolute atomic E-state index is 0.0754. The molecule has 216 valence electrons. The second-order valence-electron chi connectivity index (χ2n) is 10.5. The molecule has 10 heteroatoms. The standard InChI is InChI=1S/C31H31ClF3N3O3/c32-27-19-21(11-12-24(27)28(39)40)38-17-15-37(16-18-38)14-6-5-13-30(29(41)36-20-31(33,34)35)25-9-3-1-7-22(25)23-8-2-4-10-26(23)30/h1-4,7-12,19H,5-6,13-18,20H2,(H,36,41)(H,39,40). The number of piperazine rings is 1. The maximum atomic E-state index is 13.6. The Morgan fingerprint density at radius 1 is 0.902 bits per heavy atom. The minimum atomic E-state index is -4.50. The van der Waals surface area contributed by atoms with Crippen LogP contribution in [0.1, 0.15) is 40.7 Å². The van der Waals surface area contributed by atoms with E-state index in [1.165, 1.54) is 6.07 Å². The molecule has 0 saturated carbocycles. The molecule has 0 unspecified atom stereocenters. The maximum absolute atomic E-state index is 13.6. The van der Waals surface area contributed by atoms with Crippen molar-refractivity contribution in [2.24, 2.45) is 0 Å². The van der Waals surface area contributed by atoms with E-state index in [0.717, 1.165) is 67.1 Å². The summed E-state index contributed by atoms with van der Waals surface area (Å²) in [6, 6.07) is 20.0. The Labute approximate surface area is 241 Å². The quantitative estimate of drug-likeness (QED) is 0.303. The third-order valence-corrected chi connectivity index (χ3v) is 8.41. The Kier molecular flexibility index (Phi) is 8.29. The van der Waals surface area contributed by atoms with Crippen molar-refractivity contribution in [3.8, 4) is 11.1 Å². The number of hydrogen-bond donors (Lipinski definition) is 2. The van der Waals surface area contributed by atoms with Gasteiger partial charge in [-0.2, -0.15) is 13.2 Å². The van der Waals surface area contributed by atoms with E-state index in [0.29, 0.717) is 12.8 Å². The van der Waals surface area contributed by atoms with E-state index >= 15 is 0 Å². The summed E-state index contributed by atoms with van der Waals surface area (Å²) >= 11 is 6.15. The molecule has 3 aromatic rings. The maximum Gasteiger partial charge on any atom is 0.405 e. The van der Waals surface area contributed by atoms with Gasteiger partial charge in [-0.25, -0.2) is 4.79 Å². The summed E-state index contributed by atoms with van der Waals surface area (Å²) in [6.07, 6.45) is -2.65. The van der Waals surface area contributed by atoms with E-state index in [1.807, 2.05) is 48.5 Å². The Morgan fingerprint density at radius 3 is 2.07 bits per heavy atom. The fourth-order valence-corrected chi connectivity index (χ4v) is 6.37. The van der Waals surface area contributed by atoms with Crippen molar-refractivity contribution >= 4 is 29.2 Å². The number of carbonyl (C=O) groups excluding carboxylic acids is 1. The molecule has 0 atom stereocenters. The van der Waals surface area contributed by atoms with Gasteiger partial charge in [-0.3, -0.25) is 9.69 Å². The van der Waals surface area contributed by atoms with Crippen LogP contribution in [0.25, 0.3) is 11.1 Å². The number of alkyl halides is 3. The van der Waals surface area contributed by atoms with Crippen molar-refractivity contribution < 1.29 is 27.9 Å². The van der Waals surface area contributed by atoms with Crippen molar-refractivity contribution in [1.29, 1.82) is 0 Å². The van der Waals surface area contributed by atoms with Gasteiger partial charge in [0.2, 0.25) is 5.91 Å². The van der Waals surface area contributed by atoms with Crippen LogP contribution in [-0.4, -0.2) is 67.3 Å². The Bertz CT molecular complexity index is 1390. The number of unbranched alkanes of at least 4 members (excludes halogenated alkanes) is 1. The van der Waals surface area contributed by atoms with Crippen LogP contribution < -0.4 is 10.2 Å². The van der Waals surface area contributed by atoms with Gasteiger partial charge in [-0.05, 0) is 59.8 Å². The number of anilines is 1. The number of nitrogens with one attached hydrogen (secondary N) is 1. The number of halogens is 4. The first kappa shape index (κ1) is 29.0. The Hall–Kier alpha value is -3.56. The lowest BCUT2D eigenvalue weighted by atomic mass is 9.73. The fraction of sp³-hybridized carbons (Fsp3) is 0.355. The molecule has 2 aliphatic rings. The highest BCUT2D eigenvalue weighted by atomic mass is 35.5. The molecule has 1 saturated heterocycles. The molecule has 0 spiro atoms. The van der Waals surface area contributed by atoms with Crippen LogP contribution in [0.3, 0.4) is 0 Å². The average molecular weight is 586 g/mol. The molecule has 1 fully saturated rings. The summed E-state index contributed by atoms with van der Waals surface area (Å²) in [5, 5.41) is 11.6. The van der Waals surface area contributed by atoms with E-state index in [4.69, 9.17) is 11.6 Å². The number of carboxylic acid groups (broad SMARTS) is 1. The van der Waals surface area contributed by atoms with Gasteiger partial charge in [-0.1, -0.05) is 66.6 Å². The summed E-state index contributed by atoms with van der Waals surface area (Å²) in [7, 11) is 0. The number of nitrogens with zero attached hydrogens (tertiary/aromatic N) is 2. The number of hydrogen-bond acceptors (Lipinski definition) is 4. The van der Waals surface area contributed by atoms with Crippen LogP contribution in [0, 0.1) is 0 Å². The molecule has 6 nitrogen and oxygen atoms in total. The van der Waals surface area contributed by atoms with Crippen LogP contribution in [0.5, 0.6) is 0 Å². The van der Waals surface area contributed by atoms with Crippen molar-refractivity contribution in [2.45, 2.75) is 30.9 Å². The summed E-state index contributed by atoms with van der Waals surface area (Å²) in [5.41, 5.74) is 3.05. The molecule has 0 bridgehead atoms. The van der Waals surface area contributed by atoms with Gasteiger partial charge in [-0.15, -0.1) is 0 Å². The van der Waals surface area contributed by atoms with E-state index < -0.39 is 30.0 Å². The first-order valence-corrected chi connectivity index (χ1v) is 14.0. The second kappa shape index (κ2) is 11.7. The molecule has 0 radical (unpaired) electrons. The second-order valence-corrected chi connectivity index (χ2v) is 11.0. The topological polar surface area (TPSA) is 72.9 Å². The highest BCUT2D eigenvalue weighted by Crippen LogP contribution is 2.51. The molecular formula is C31H31ClF3N3O3. The molecule has 2 N–H and O–H groups in total. The van der Waals surface area contributed by atoms with E-state index in [9.17, 15) is 27.9 Å². The third kappa shape index (κ3) is 5.92. The SMILES string of the molecule is O=C(O)c1ccc(N2CCN(CCCCC3(C(=O)NCC(F)(F)F)c4ccccc4-c4ccccc43)CC2)cc1Cl. The smallest absolute Gasteiger partial charge is 0.405 e. The molecule has 5 rings (SSSR count). The van der Waals surface area contributed by atoms with Gasteiger partial charge in [0.05, 0.1) is 10.6 Å². The minimum Gasteiger partial charge on any atom is -0.478 e. The van der Waals surface area contributed by atoms with Gasteiger partial charge in [0, 0.05) is 31.9 Å². The van der Waals surface area contributed by atoms with Crippen LogP contribution in [0.2, 0.25) is 5.02 Å². The summed E-state index contributed by atoms with van der Waals surface area (Å²) in [6.45, 7) is 2.56. The zero-order valence-corrected chi connectivity index (χ0v) is 23.1. The Balaban J connectivity index is 1.24. The predicted molar refractivity (Wildman–Crippen MR) is 153 cm³/mol. The Morgan fingerprint density at radius 2 is 1.51 bits per heavy atom. The first-order chi connectivity index (χ1) is 19.6. The lowest BCUT2D eigenvalue weighted by Gasteiger charge is -2.36. The fourth-order valence-electron chi connectivity index (χ4n) is 6.11. The van der Waals surface area contributed by atoms with Gasteiger partial charge < -0.3 is 15.3 Å². The lowest BCUT2D eigenvalue weighted by Crippen LogP contribution is -2.47. The molecular weight excluding hydrogens is 555 g/mol. The predicted octanol–water partition coefficient (Wildman–Crippen LogP) is 5.98.